The Kier molecular flexibility index (Phi) is 7.47. The zero-order valence-corrected chi connectivity index (χ0v) is 15.1. The standard InChI is InChI=1S/C20H29NO3/c1-15-8-7-11-18(19(15)20(22)21-24-3)17(12-13-23-2)14-16-9-5-4-6-10-16/h7-8,11,14,17H,4-6,9-10,12-13H2,1-3H3,(H,21,22). The molecule has 1 aliphatic rings. The number of hydroxylamine groups is 1. The zero-order valence-electron chi connectivity index (χ0n) is 15.1. The van der Waals surface area contributed by atoms with Gasteiger partial charge in [-0.1, -0.05) is 36.3 Å². The van der Waals surface area contributed by atoms with Gasteiger partial charge in [-0.15, -0.1) is 0 Å². The SMILES string of the molecule is COCCC(C=C1CCCCC1)c1cccc(C)c1C(=O)NOC. The normalized spacial score (nSPS) is 15.9. The van der Waals surface area contributed by atoms with Crippen LogP contribution in [0.25, 0.3) is 0 Å². The number of allylic oxidation sites excluding steroid dienone is 2. The highest BCUT2D eigenvalue weighted by atomic mass is 16.6. The zero-order chi connectivity index (χ0) is 17.4. The Morgan fingerprint density at radius 3 is 2.67 bits per heavy atom. The molecule has 1 saturated carbocycles. The van der Waals surface area contributed by atoms with Gasteiger partial charge >= 0.3 is 0 Å². The summed E-state index contributed by atoms with van der Waals surface area (Å²) in [4.78, 5) is 17.3. The number of methoxy groups -OCH3 is 1. The van der Waals surface area contributed by atoms with E-state index in [1.54, 1.807) is 7.11 Å². The molecule has 132 valence electrons. The van der Waals surface area contributed by atoms with Gasteiger partial charge in [0.1, 0.15) is 0 Å². The maximum Gasteiger partial charge on any atom is 0.275 e. The van der Waals surface area contributed by atoms with E-state index in [-0.39, 0.29) is 11.8 Å². The molecule has 1 aliphatic carbocycles. The second-order valence-corrected chi connectivity index (χ2v) is 6.45. The Hall–Kier alpha value is -1.65. The molecule has 1 fully saturated rings. The number of carbonyl (C=O) groups is 1. The monoisotopic (exact) mass is 331 g/mol. The first-order valence-corrected chi connectivity index (χ1v) is 8.78. The maximum atomic E-state index is 12.5. The van der Waals surface area contributed by atoms with Crippen LogP contribution in [0.2, 0.25) is 0 Å². The van der Waals surface area contributed by atoms with Gasteiger partial charge < -0.3 is 4.74 Å². The molecule has 0 saturated heterocycles. The molecule has 0 aromatic heterocycles. The second-order valence-electron chi connectivity index (χ2n) is 6.45. The van der Waals surface area contributed by atoms with Crippen molar-refractivity contribution < 1.29 is 14.4 Å². The van der Waals surface area contributed by atoms with Gasteiger partial charge in [-0.3, -0.25) is 9.63 Å². The van der Waals surface area contributed by atoms with E-state index in [9.17, 15) is 4.79 Å². The minimum atomic E-state index is -0.185. The van der Waals surface area contributed by atoms with Crippen LogP contribution in [-0.4, -0.2) is 26.7 Å². The lowest BCUT2D eigenvalue weighted by Gasteiger charge is -2.22. The molecule has 1 N–H and O–H groups in total. The van der Waals surface area contributed by atoms with Crippen LogP contribution in [0.4, 0.5) is 0 Å². The first-order valence-electron chi connectivity index (χ1n) is 8.78. The number of ether oxygens (including phenoxy) is 1. The molecule has 0 spiro atoms. The van der Waals surface area contributed by atoms with E-state index >= 15 is 0 Å². The molecule has 1 unspecified atom stereocenters. The van der Waals surface area contributed by atoms with Crippen molar-refractivity contribution in [3.63, 3.8) is 0 Å². The highest BCUT2D eigenvalue weighted by Crippen LogP contribution is 2.32. The molecular formula is C20H29NO3. The molecule has 0 bridgehead atoms. The molecule has 1 amide bonds. The summed E-state index contributed by atoms with van der Waals surface area (Å²) in [7, 11) is 3.18. The highest BCUT2D eigenvalue weighted by Gasteiger charge is 2.21. The summed E-state index contributed by atoms with van der Waals surface area (Å²) < 4.78 is 5.31. The van der Waals surface area contributed by atoms with Crippen LogP contribution in [0.5, 0.6) is 0 Å². The molecule has 0 aliphatic heterocycles. The first-order chi connectivity index (χ1) is 11.7. The average molecular weight is 331 g/mol. The number of nitrogens with one attached hydrogen (secondary N) is 1. The minimum Gasteiger partial charge on any atom is -0.385 e. The summed E-state index contributed by atoms with van der Waals surface area (Å²) >= 11 is 0. The van der Waals surface area contributed by atoms with Crippen molar-refractivity contribution in [3.8, 4) is 0 Å². The third-order valence-electron chi connectivity index (χ3n) is 4.69. The summed E-state index contributed by atoms with van der Waals surface area (Å²) in [5.41, 5.74) is 6.72. The Bertz CT molecular complexity index is 572. The molecule has 4 heteroatoms. The van der Waals surface area contributed by atoms with E-state index in [4.69, 9.17) is 9.57 Å². The fourth-order valence-electron chi connectivity index (χ4n) is 3.48. The third kappa shape index (κ3) is 4.92. The lowest BCUT2D eigenvalue weighted by molar-refractivity contribution is 0.0535. The van der Waals surface area contributed by atoms with E-state index in [2.05, 4.69) is 17.6 Å². The molecule has 1 aromatic carbocycles. The summed E-state index contributed by atoms with van der Waals surface area (Å²) in [5.74, 6) is 0.00520. The number of amides is 1. The van der Waals surface area contributed by atoms with Crippen molar-refractivity contribution in [2.75, 3.05) is 20.8 Å². The lowest BCUT2D eigenvalue weighted by Crippen LogP contribution is -2.25. The minimum absolute atomic E-state index is 0.185. The van der Waals surface area contributed by atoms with E-state index in [0.717, 1.165) is 17.5 Å². The van der Waals surface area contributed by atoms with E-state index in [0.29, 0.717) is 12.2 Å². The van der Waals surface area contributed by atoms with Crippen LogP contribution in [0.1, 0.15) is 65.9 Å². The summed E-state index contributed by atoms with van der Waals surface area (Å²) in [6.45, 7) is 2.64. The summed E-state index contributed by atoms with van der Waals surface area (Å²) in [5, 5.41) is 0. The smallest absolute Gasteiger partial charge is 0.275 e. The number of aryl methyl sites for hydroxylation is 1. The molecule has 1 atom stereocenters. The van der Waals surface area contributed by atoms with Gasteiger partial charge in [-0.25, -0.2) is 5.48 Å². The predicted octanol–water partition coefficient (Wildman–Crippen LogP) is 4.30. The van der Waals surface area contributed by atoms with Crippen LogP contribution >= 0.6 is 0 Å². The molecule has 24 heavy (non-hydrogen) atoms. The van der Waals surface area contributed by atoms with Gasteiger partial charge in [-0.05, 0) is 50.2 Å². The Morgan fingerprint density at radius 2 is 2.00 bits per heavy atom. The largest absolute Gasteiger partial charge is 0.385 e. The van der Waals surface area contributed by atoms with Crippen LogP contribution in [-0.2, 0) is 9.57 Å². The summed E-state index contributed by atoms with van der Waals surface area (Å²) in [6.07, 6.45) is 9.46. The van der Waals surface area contributed by atoms with Crippen LogP contribution in [0.15, 0.2) is 29.8 Å². The third-order valence-corrected chi connectivity index (χ3v) is 4.69. The molecule has 4 nitrogen and oxygen atoms in total. The molecule has 0 heterocycles. The van der Waals surface area contributed by atoms with Crippen molar-refractivity contribution in [1.82, 2.24) is 5.48 Å². The van der Waals surface area contributed by atoms with Crippen molar-refractivity contribution in [1.29, 1.82) is 0 Å². The van der Waals surface area contributed by atoms with Crippen molar-refractivity contribution in [2.45, 2.75) is 51.4 Å². The number of carbonyl (C=O) groups excluding carboxylic acids is 1. The van der Waals surface area contributed by atoms with Gasteiger partial charge in [0.05, 0.1) is 7.11 Å². The molecule has 2 rings (SSSR count). The van der Waals surface area contributed by atoms with Gasteiger partial charge in [0.25, 0.3) is 5.91 Å². The first kappa shape index (κ1) is 18.7. The fraction of sp³-hybridized carbons (Fsp3) is 0.550. The van der Waals surface area contributed by atoms with Gasteiger partial charge in [0.15, 0.2) is 0 Å². The topological polar surface area (TPSA) is 47.6 Å². The molecular weight excluding hydrogens is 302 g/mol. The van der Waals surface area contributed by atoms with Crippen molar-refractivity contribution in [3.05, 3.63) is 46.5 Å². The van der Waals surface area contributed by atoms with Crippen molar-refractivity contribution >= 4 is 5.91 Å². The fourth-order valence-corrected chi connectivity index (χ4v) is 3.48. The number of rotatable bonds is 7. The molecule has 0 radical (unpaired) electrons. The van der Waals surface area contributed by atoms with Crippen LogP contribution < -0.4 is 5.48 Å². The highest BCUT2D eigenvalue weighted by molar-refractivity contribution is 5.96. The van der Waals surface area contributed by atoms with E-state index < -0.39 is 0 Å². The van der Waals surface area contributed by atoms with E-state index in [1.165, 1.54) is 44.8 Å². The van der Waals surface area contributed by atoms with Crippen LogP contribution in [0.3, 0.4) is 0 Å². The lowest BCUT2D eigenvalue weighted by atomic mass is 9.85. The maximum absolute atomic E-state index is 12.5. The van der Waals surface area contributed by atoms with Gasteiger partial charge in [0.2, 0.25) is 0 Å². The Balaban J connectivity index is 2.37. The van der Waals surface area contributed by atoms with E-state index in [1.807, 2.05) is 19.1 Å². The quantitative estimate of drug-likeness (QED) is 0.599. The van der Waals surface area contributed by atoms with Crippen LogP contribution in [0, 0.1) is 6.92 Å². The number of hydrogen-bond donors (Lipinski definition) is 1. The van der Waals surface area contributed by atoms with Gasteiger partial charge in [0, 0.05) is 25.2 Å². The Morgan fingerprint density at radius 1 is 1.25 bits per heavy atom. The number of benzene rings is 1. The summed E-state index contributed by atoms with van der Waals surface area (Å²) in [6, 6.07) is 6.04. The predicted molar refractivity (Wildman–Crippen MR) is 96.1 cm³/mol. The van der Waals surface area contributed by atoms with Crippen molar-refractivity contribution in [2.24, 2.45) is 0 Å². The average Bonchev–Trinajstić information content (AvgIpc) is 2.59. The van der Waals surface area contributed by atoms with Gasteiger partial charge in [-0.2, -0.15) is 0 Å². The second kappa shape index (κ2) is 9.60. The molecule has 1 aromatic rings. The number of hydrogen-bond acceptors (Lipinski definition) is 3. The Labute approximate surface area is 145 Å².